The third kappa shape index (κ3) is 6.66. The third-order valence-electron chi connectivity index (χ3n) is 6.09. The summed E-state index contributed by atoms with van der Waals surface area (Å²) in [5.41, 5.74) is 1.37. The zero-order valence-corrected chi connectivity index (χ0v) is 21.0. The lowest BCUT2D eigenvalue weighted by Gasteiger charge is -2.42. The molecule has 1 heterocycles. The first kappa shape index (κ1) is 24.9. The fourth-order valence-electron chi connectivity index (χ4n) is 4.25. The van der Waals surface area contributed by atoms with Gasteiger partial charge in [0.15, 0.2) is 0 Å². The molecule has 0 aromatic heterocycles. The van der Waals surface area contributed by atoms with E-state index in [1.54, 1.807) is 32.9 Å². The van der Waals surface area contributed by atoms with Crippen molar-refractivity contribution in [3.63, 3.8) is 0 Å². The topological polar surface area (TPSA) is 71.5 Å². The standard InChI is InChI=1S/C27H35N3O5/c1-27(2,3)34-26(32)35-28-16-17-29(21-12-14-23(33-4)15-13-21)24(19-28)25(31)30(22-10-11-22)18-20-8-6-5-7-9-20/h5-9,12-15,22,24H,10-11,16-19H2,1-4H3. The molecule has 1 unspecified atom stereocenters. The number of carbonyl (C=O) groups excluding carboxylic acids is 2. The van der Waals surface area contributed by atoms with Gasteiger partial charge in [0.1, 0.15) is 17.4 Å². The number of ether oxygens (including phenoxy) is 2. The maximum Gasteiger partial charge on any atom is 0.528 e. The number of hydrogen-bond donors (Lipinski definition) is 0. The van der Waals surface area contributed by atoms with Crippen LogP contribution >= 0.6 is 0 Å². The van der Waals surface area contributed by atoms with E-state index in [1.807, 2.05) is 59.5 Å². The highest BCUT2D eigenvalue weighted by molar-refractivity contribution is 5.86. The summed E-state index contributed by atoms with van der Waals surface area (Å²) in [6.45, 7) is 7.16. The van der Waals surface area contributed by atoms with E-state index in [0.717, 1.165) is 29.8 Å². The minimum atomic E-state index is -0.759. The van der Waals surface area contributed by atoms with Crippen LogP contribution in [0.3, 0.4) is 0 Å². The second-order valence-corrected chi connectivity index (χ2v) is 10.0. The average molecular weight is 482 g/mol. The number of hydroxylamine groups is 2. The molecule has 8 heteroatoms. The van der Waals surface area contributed by atoms with E-state index in [4.69, 9.17) is 14.3 Å². The number of benzene rings is 2. The quantitative estimate of drug-likeness (QED) is 0.548. The van der Waals surface area contributed by atoms with Crippen molar-refractivity contribution in [3.05, 3.63) is 60.2 Å². The highest BCUT2D eigenvalue weighted by Crippen LogP contribution is 2.32. The molecule has 0 spiro atoms. The molecule has 1 aliphatic carbocycles. The second kappa shape index (κ2) is 10.6. The first-order valence-corrected chi connectivity index (χ1v) is 12.1. The van der Waals surface area contributed by atoms with E-state index in [9.17, 15) is 9.59 Å². The molecule has 0 bridgehead atoms. The van der Waals surface area contributed by atoms with Crippen LogP contribution in [0, 0.1) is 0 Å². The van der Waals surface area contributed by atoms with Crippen molar-refractivity contribution in [3.8, 4) is 5.75 Å². The first-order valence-electron chi connectivity index (χ1n) is 12.1. The van der Waals surface area contributed by atoms with Crippen LogP contribution in [0.1, 0.15) is 39.2 Å². The lowest BCUT2D eigenvalue weighted by molar-refractivity contribution is -0.159. The van der Waals surface area contributed by atoms with Crippen LogP contribution in [-0.2, 0) is 20.9 Å². The van der Waals surface area contributed by atoms with Crippen LogP contribution in [0.4, 0.5) is 10.5 Å². The molecule has 0 radical (unpaired) electrons. The molecule has 1 aliphatic heterocycles. The van der Waals surface area contributed by atoms with Gasteiger partial charge in [-0.25, -0.2) is 4.79 Å². The van der Waals surface area contributed by atoms with Crippen molar-refractivity contribution < 1.29 is 23.9 Å². The lowest BCUT2D eigenvalue weighted by atomic mass is 10.1. The summed E-state index contributed by atoms with van der Waals surface area (Å²) in [5, 5.41) is 1.55. The number of carbonyl (C=O) groups is 2. The Morgan fingerprint density at radius 2 is 1.69 bits per heavy atom. The number of methoxy groups -OCH3 is 1. The second-order valence-electron chi connectivity index (χ2n) is 10.0. The van der Waals surface area contributed by atoms with E-state index in [-0.39, 0.29) is 18.5 Å². The third-order valence-corrected chi connectivity index (χ3v) is 6.09. The van der Waals surface area contributed by atoms with Gasteiger partial charge in [-0.2, -0.15) is 0 Å². The highest BCUT2D eigenvalue weighted by Gasteiger charge is 2.41. The molecule has 35 heavy (non-hydrogen) atoms. The molecule has 0 N–H and O–H groups in total. The molecule has 2 aliphatic rings. The maximum absolute atomic E-state index is 14.0. The van der Waals surface area contributed by atoms with Crippen LogP contribution in [-0.4, -0.2) is 66.5 Å². The van der Waals surface area contributed by atoms with Gasteiger partial charge in [0.05, 0.1) is 20.2 Å². The number of piperazine rings is 1. The van der Waals surface area contributed by atoms with Crippen LogP contribution in [0.2, 0.25) is 0 Å². The van der Waals surface area contributed by atoms with Gasteiger partial charge in [0, 0.05) is 24.8 Å². The van der Waals surface area contributed by atoms with Crippen molar-refractivity contribution in [2.75, 3.05) is 31.6 Å². The maximum atomic E-state index is 14.0. The van der Waals surface area contributed by atoms with Crippen molar-refractivity contribution >= 4 is 17.7 Å². The summed E-state index contributed by atoms with van der Waals surface area (Å²) in [4.78, 5) is 35.9. The number of anilines is 1. The van der Waals surface area contributed by atoms with Crippen LogP contribution < -0.4 is 9.64 Å². The van der Waals surface area contributed by atoms with Crippen molar-refractivity contribution in [1.29, 1.82) is 0 Å². The molecule has 188 valence electrons. The molecule has 1 atom stereocenters. The normalized spacial score (nSPS) is 18.6. The van der Waals surface area contributed by atoms with Gasteiger partial charge >= 0.3 is 6.16 Å². The molecule has 8 nitrogen and oxygen atoms in total. The zero-order valence-electron chi connectivity index (χ0n) is 21.0. The highest BCUT2D eigenvalue weighted by atomic mass is 16.8. The van der Waals surface area contributed by atoms with E-state index in [2.05, 4.69) is 4.90 Å². The zero-order chi connectivity index (χ0) is 25.0. The summed E-state index contributed by atoms with van der Waals surface area (Å²) in [6, 6.07) is 17.5. The summed E-state index contributed by atoms with van der Waals surface area (Å²) < 4.78 is 10.6. The Balaban J connectivity index is 1.56. The molecule has 2 aromatic carbocycles. The Morgan fingerprint density at radius 1 is 1.00 bits per heavy atom. The molecule has 1 saturated heterocycles. The Hall–Kier alpha value is -3.26. The largest absolute Gasteiger partial charge is 0.528 e. The fraction of sp³-hybridized carbons (Fsp3) is 0.481. The molecular weight excluding hydrogens is 446 g/mol. The summed E-state index contributed by atoms with van der Waals surface area (Å²) in [6.07, 6.45) is 1.25. The first-order chi connectivity index (χ1) is 16.7. The number of nitrogens with zero attached hydrogens (tertiary/aromatic N) is 3. The van der Waals surface area contributed by atoms with Gasteiger partial charge in [0.25, 0.3) is 0 Å². The Morgan fingerprint density at radius 3 is 2.29 bits per heavy atom. The van der Waals surface area contributed by atoms with Gasteiger partial charge in [-0.1, -0.05) is 30.3 Å². The molecular formula is C27H35N3O5. The van der Waals surface area contributed by atoms with Crippen molar-refractivity contribution in [2.45, 2.75) is 57.8 Å². The molecule has 2 aromatic rings. The molecule has 2 fully saturated rings. The van der Waals surface area contributed by atoms with Crippen LogP contribution in [0.25, 0.3) is 0 Å². The average Bonchev–Trinajstić information content (AvgIpc) is 3.67. The van der Waals surface area contributed by atoms with Gasteiger partial charge in [-0.15, -0.1) is 5.06 Å². The van der Waals surface area contributed by atoms with Crippen LogP contribution in [0.5, 0.6) is 5.75 Å². The Labute approximate surface area is 207 Å². The van der Waals surface area contributed by atoms with E-state index >= 15 is 0 Å². The minimum Gasteiger partial charge on any atom is -0.497 e. The predicted octanol–water partition coefficient (Wildman–Crippen LogP) is 4.24. The van der Waals surface area contributed by atoms with Crippen LogP contribution in [0.15, 0.2) is 54.6 Å². The van der Waals surface area contributed by atoms with E-state index in [0.29, 0.717) is 19.6 Å². The predicted molar refractivity (Wildman–Crippen MR) is 133 cm³/mol. The fourth-order valence-corrected chi connectivity index (χ4v) is 4.25. The van der Waals surface area contributed by atoms with Gasteiger partial charge in [-0.05, 0) is 63.4 Å². The van der Waals surface area contributed by atoms with Gasteiger partial charge in [0.2, 0.25) is 5.91 Å². The Kier molecular flexibility index (Phi) is 7.50. The van der Waals surface area contributed by atoms with Crippen molar-refractivity contribution in [1.82, 2.24) is 9.96 Å². The summed E-state index contributed by atoms with van der Waals surface area (Å²) >= 11 is 0. The molecule has 4 rings (SSSR count). The van der Waals surface area contributed by atoms with Gasteiger partial charge < -0.3 is 24.1 Å². The SMILES string of the molecule is COc1ccc(N2CCN(OC(=O)OC(C)(C)C)CC2C(=O)N(Cc2ccccc2)C2CC2)cc1. The molecule has 1 saturated carbocycles. The minimum absolute atomic E-state index is 0.0321. The number of hydrogen-bond acceptors (Lipinski definition) is 7. The number of rotatable bonds is 7. The van der Waals surface area contributed by atoms with E-state index < -0.39 is 17.8 Å². The monoisotopic (exact) mass is 481 g/mol. The molecule has 1 amide bonds. The number of amides is 1. The lowest BCUT2D eigenvalue weighted by Crippen LogP contribution is -2.60. The smallest absolute Gasteiger partial charge is 0.497 e. The Bertz CT molecular complexity index is 1000. The summed E-state index contributed by atoms with van der Waals surface area (Å²) in [5.74, 6) is 0.789. The van der Waals surface area contributed by atoms with Gasteiger partial charge in [-0.3, -0.25) is 4.79 Å². The van der Waals surface area contributed by atoms with E-state index in [1.165, 1.54) is 0 Å². The van der Waals surface area contributed by atoms with Crippen molar-refractivity contribution in [2.24, 2.45) is 0 Å². The summed E-state index contributed by atoms with van der Waals surface area (Å²) in [7, 11) is 1.63.